The molecule has 0 fully saturated rings. The Labute approximate surface area is 233 Å². The average Bonchev–Trinajstić information content (AvgIpc) is 3.03. The molecule has 40 heavy (non-hydrogen) atoms. The first-order chi connectivity index (χ1) is 18.8. The number of carbonyl (C=O) groups is 3. The number of cyclic esters (lactones) is 1. The summed E-state index contributed by atoms with van der Waals surface area (Å²) in [5.41, 5.74) is -0.867. The van der Waals surface area contributed by atoms with Crippen molar-refractivity contribution in [2.24, 2.45) is 11.3 Å². The fraction of sp³-hybridized carbons (Fsp3) is 0.452. The number of hydrogen-bond donors (Lipinski definition) is 5. The minimum Gasteiger partial charge on any atom is -0.507 e. The van der Waals surface area contributed by atoms with Gasteiger partial charge in [-0.15, -0.1) is 0 Å². The molecule has 2 heterocycles. The average molecular weight is 552 g/mol. The Kier molecular flexibility index (Phi) is 8.21. The lowest BCUT2D eigenvalue weighted by Gasteiger charge is -2.39. The van der Waals surface area contributed by atoms with Crippen LogP contribution in [0.5, 0.6) is 5.75 Å². The predicted molar refractivity (Wildman–Crippen MR) is 147 cm³/mol. The fourth-order valence-electron chi connectivity index (χ4n) is 5.67. The zero-order valence-electron chi connectivity index (χ0n) is 23.4. The lowest BCUT2D eigenvalue weighted by atomic mass is 9.70. The number of Topliss-reactive ketones (excluding diaryl/α,β-unsaturated/α-hetero) is 1. The summed E-state index contributed by atoms with van der Waals surface area (Å²) in [4.78, 5) is 40.2. The van der Waals surface area contributed by atoms with Crippen LogP contribution in [-0.4, -0.2) is 50.3 Å². The van der Waals surface area contributed by atoms with Crippen LogP contribution in [-0.2, 0) is 14.3 Å². The lowest BCUT2D eigenvalue weighted by Crippen LogP contribution is -2.41. The summed E-state index contributed by atoms with van der Waals surface area (Å²) in [5.74, 6) is -2.36. The minimum absolute atomic E-state index is 0.0118. The number of aryl methyl sites for hydroxylation is 1. The summed E-state index contributed by atoms with van der Waals surface area (Å²) >= 11 is 0. The third-order valence-electron chi connectivity index (χ3n) is 7.98. The third kappa shape index (κ3) is 5.16. The monoisotopic (exact) mass is 551 g/mol. The van der Waals surface area contributed by atoms with Crippen molar-refractivity contribution in [1.82, 2.24) is 5.32 Å². The molecule has 9 heteroatoms. The number of esters is 1. The van der Waals surface area contributed by atoms with E-state index in [4.69, 9.17) is 4.74 Å². The molecule has 0 radical (unpaired) electrons. The number of ether oxygens (including phenoxy) is 1. The number of aliphatic hydroxyl groups is 3. The second-order valence-corrected chi connectivity index (χ2v) is 11.2. The van der Waals surface area contributed by atoms with Crippen molar-refractivity contribution in [3.8, 4) is 5.75 Å². The molecule has 6 atom stereocenters. The van der Waals surface area contributed by atoms with Gasteiger partial charge in [0.2, 0.25) is 5.91 Å². The van der Waals surface area contributed by atoms with Gasteiger partial charge in [-0.2, -0.15) is 0 Å². The number of allylic oxidation sites excluding steroid dienone is 2. The van der Waals surface area contributed by atoms with Crippen molar-refractivity contribution in [2.75, 3.05) is 0 Å². The number of phenols is 1. The van der Waals surface area contributed by atoms with Crippen LogP contribution < -0.4 is 5.32 Å². The molecule has 0 aromatic heterocycles. The maximum atomic E-state index is 13.9. The second-order valence-electron chi connectivity index (χ2n) is 11.2. The Morgan fingerprint density at radius 3 is 2.50 bits per heavy atom. The molecule has 3 aliphatic rings. The Morgan fingerprint density at radius 1 is 1.15 bits per heavy atom. The summed E-state index contributed by atoms with van der Waals surface area (Å²) in [6.07, 6.45) is 2.95. The molecular formula is C31H37NO8. The van der Waals surface area contributed by atoms with Crippen molar-refractivity contribution >= 4 is 17.7 Å². The highest BCUT2D eigenvalue weighted by Gasteiger charge is 2.50. The SMILES string of the molecule is CCC1C=CC(O)C(C=C(C)C)OC(=O)C2(C)C=CC(=O)NC3=C2C(O)c2c(cc(C)c(O)c2C(=O)CC1)C3O. The highest BCUT2D eigenvalue weighted by Crippen LogP contribution is 2.52. The van der Waals surface area contributed by atoms with Gasteiger partial charge in [-0.05, 0) is 69.7 Å². The molecule has 0 saturated heterocycles. The minimum atomic E-state index is -1.79. The Balaban J connectivity index is 2.02. The largest absolute Gasteiger partial charge is 0.507 e. The first-order valence-electron chi connectivity index (χ1n) is 13.5. The number of ketones is 1. The van der Waals surface area contributed by atoms with Gasteiger partial charge >= 0.3 is 5.97 Å². The van der Waals surface area contributed by atoms with Crippen LogP contribution >= 0.6 is 0 Å². The molecule has 5 N–H and O–H groups in total. The first-order valence-corrected chi connectivity index (χ1v) is 13.5. The van der Waals surface area contributed by atoms with Gasteiger partial charge < -0.3 is 30.5 Å². The van der Waals surface area contributed by atoms with E-state index in [1.165, 1.54) is 19.1 Å². The van der Waals surface area contributed by atoms with Gasteiger partial charge in [0.25, 0.3) is 0 Å². The van der Waals surface area contributed by atoms with Gasteiger partial charge in [0, 0.05) is 23.6 Å². The van der Waals surface area contributed by atoms with Crippen LogP contribution in [0.15, 0.2) is 53.3 Å². The Hall–Kier alpha value is -3.53. The zero-order chi connectivity index (χ0) is 29.5. The second kappa shape index (κ2) is 11.2. The Morgan fingerprint density at radius 2 is 1.85 bits per heavy atom. The number of aromatic hydroxyl groups is 1. The topological polar surface area (TPSA) is 153 Å². The molecule has 1 aromatic carbocycles. The summed E-state index contributed by atoms with van der Waals surface area (Å²) in [6, 6.07) is 1.46. The van der Waals surface area contributed by atoms with E-state index in [1.54, 1.807) is 39.0 Å². The van der Waals surface area contributed by atoms with Crippen molar-refractivity contribution in [3.63, 3.8) is 0 Å². The molecule has 4 rings (SSSR count). The quantitative estimate of drug-likeness (QED) is 0.276. The third-order valence-corrected chi connectivity index (χ3v) is 7.98. The van der Waals surface area contributed by atoms with E-state index in [0.29, 0.717) is 18.4 Å². The van der Waals surface area contributed by atoms with Crippen LogP contribution in [0.1, 0.15) is 86.2 Å². The highest BCUT2D eigenvalue weighted by molar-refractivity contribution is 6.02. The van der Waals surface area contributed by atoms with Gasteiger partial charge in [0.1, 0.15) is 35.6 Å². The number of rotatable bonds is 2. The maximum Gasteiger partial charge on any atom is 0.320 e. The molecular weight excluding hydrogens is 514 g/mol. The molecule has 9 nitrogen and oxygen atoms in total. The fourth-order valence-corrected chi connectivity index (χ4v) is 5.67. The molecule has 1 amide bonds. The standard InChI is InChI=1S/C31H37NO8/c1-6-17-7-9-19(33)21(13-15(2)3)40-30(39)31(5)12-11-22(35)32-26-25(31)29(38)23-18(28(26)37)14-16(4)27(36)24(23)20(34)10-8-17/h7,9,11-14,17,19,21,28-29,33,36-38H,6,8,10H2,1-5H3,(H,32,35). The van der Waals surface area contributed by atoms with E-state index < -0.39 is 47.5 Å². The van der Waals surface area contributed by atoms with Gasteiger partial charge in [0.15, 0.2) is 5.78 Å². The summed E-state index contributed by atoms with van der Waals surface area (Å²) in [6.45, 7) is 8.55. The molecule has 214 valence electrons. The van der Waals surface area contributed by atoms with Gasteiger partial charge in [-0.1, -0.05) is 30.7 Å². The van der Waals surface area contributed by atoms with Crippen LogP contribution in [0.2, 0.25) is 0 Å². The molecule has 2 bridgehead atoms. The van der Waals surface area contributed by atoms with E-state index in [2.05, 4.69) is 5.32 Å². The molecule has 1 aliphatic carbocycles. The number of phenolic OH excluding ortho intramolecular Hbond substituents is 1. The Bertz CT molecular complexity index is 1370. The summed E-state index contributed by atoms with van der Waals surface area (Å²) in [7, 11) is 0. The normalized spacial score (nSPS) is 30.6. The smallest absolute Gasteiger partial charge is 0.320 e. The lowest BCUT2D eigenvalue weighted by molar-refractivity contribution is -0.157. The van der Waals surface area contributed by atoms with Crippen molar-refractivity contribution in [3.05, 3.63) is 75.5 Å². The van der Waals surface area contributed by atoms with E-state index >= 15 is 0 Å². The molecule has 0 spiro atoms. The summed E-state index contributed by atoms with van der Waals surface area (Å²) in [5, 5.41) is 48.0. The van der Waals surface area contributed by atoms with E-state index in [1.807, 2.05) is 6.92 Å². The molecule has 0 saturated carbocycles. The van der Waals surface area contributed by atoms with Gasteiger partial charge in [0.05, 0.1) is 11.3 Å². The van der Waals surface area contributed by atoms with Crippen LogP contribution in [0.4, 0.5) is 0 Å². The van der Waals surface area contributed by atoms with Gasteiger partial charge in [-0.3, -0.25) is 14.4 Å². The van der Waals surface area contributed by atoms with Gasteiger partial charge in [-0.25, -0.2) is 0 Å². The maximum absolute atomic E-state index is 13.9. The number of nitrogens with one attached hydrogen (secondary N) is 1. The van der Waals surface area contributed by atoms with Crippen LogP contribution in [0.3, 0.4) is 0 Å². The predicted octanol–water partition coefficient (Wildman–Crippen LogP) is 3.53. The highest BCUT2D eigenvalue weighted by atomic mass is 16.6. The number of benzene rings is 1. The first kappa shape index (κ1) is 29.5. The van der Waals surface area contributed by atoms with Crippen LogP contribution in [0.25, 0.3) is 0 Å². The zero-order valence-corrected chi connectivity index (χ0v) is 23.4. The number of amides is 1. The van der Waals surface area contributed by atoms with Crippen molar-refractivity contribution < 1.29 is 39.5 Å². The van der Waals surface area contributed by atoms with Crippen molar-refractivity contribution in [1.29, 1.82) is 0 Å². The van der Waals surface area contributed by atoms with Crippen molar-refractivity contribution in [2.45, 2.75) is 78.3 Å². The number of carbonyl (C=O) groups excluding carboxylic acids is 3. The molecule has 2 aliphatic heterocycles. The molecule has 6 unspecified atom stereocenters. The van der Waals surface area contributed by atoms with E-state index in [-0.39, 0.29) is 46.0 Å². The van der Waals surface area contributed by atoms with Crippen LogP contribution in [0, 0.1) is 18.3 Å². The molecule has 1 aromatic rings. The van der Waals surface area contributed by atoms with E-state index in [0.717, 1.165) is 11.6 Å². The number of aliphatic hydroxyl groups excluding tert-OH is 3. The summed E-state index contributed by atoms with van der Waals surface area (Å²) < 4.78 is 5.84. The number of hydrogen-bond acceptors (Lipinski definition) is 8. The van der Waals surface area contributed by atoms with E-state index in [9.17, 15) is 34.8 Å².